The zero-order valence-electron chi connectivity index (χ0n) is 21.3. The van der Waals surface area contributed by atoms with E-state index in [9.17, 15) is 19.6 Å². The number of hydrogen-bond acceptors (Lipinski definition) is 13. The van der Waals surface area contributed by atoms with Crippen molar-refractivity contribution >= 4 is 41.2 Å². The van der Waals surface area contributed by atoms with Gasteiger partial charge in [0.2, 0.25) is 11.8 Å². The van der Waals surface area contributed by atoms with Crippen LogP contribution in [0.4, 0.5) is 5.95 Å². The summed E-state index contributed by atoms with van der Waals surface area (Å²) in [5.74, 6) is -0.310. The van der Waals surface area contributed by atoms with E-state index in [-0.39, 0.29) is 35.4 Å². The van der Waals surface area contributed by atoms with Crippen LogP contribution in [0.25, 0.3) is 11.2 Å². The second-order valence-corrected chi connectivity index (χ2v) is 13.7. The van der Waals surface area contributed by atoms with Crippen LogP contribution in [-0.4, -0.2) is 79.0 Å². The van der Waals surface area contributed by atoms with Gasteiger partial charge in [0.05, 0.1) is 20.0 Å². The molecule has 2 unspecified atom stereocenters. The van der Waals surface area contributed by atoms with Crippen molar-refractivity contribution in [2.75, 3.05) is 25.2 Å². The average molecular weight is 581 g/mol. The first kappa shape index (κ1) is 27.8. The number of imidazole rings is 1. The third-order valence-electron chi connectivity index (χ3n) is 6.59. The highest BCUT2D eigenvalue weighted by Crippen LogP contribution is 2.61. The monoisotopic (exact) mass is 580 g/mol. The maximum atomic E-state index is 13.3. The van der Waals surface area contributed by atoms with Crippen LogP contribution >= 0.6 is 18.1 Å². The maximum absolute atomic E-state index is 13.3. The molecule has 0 amide bonds. The maximum Gasteiger partial charge on any atom is 0.327 e. The van der Waals surface area contributed by atoms with Crippen molar-refractivity contribution in [1.29, 1.82) is 0 Å². The van der Waals surface area contributed by atoms with E-state index < -0.39 is 48.9 Å². The van der Waals surface area contributed by atoms with Crippen molar-refractivity contribution in [3.05, 3.63) is 42.2 Å². The number of benzene rings is 1. The highest BCUT2D eigenvalue weighted by molar-refractivity contribution is 8.56. The number of carbonyl (C=O) groups is 1. The van der Waals surface area contributed by atoms with Crippen LogP contribution in [-0.2, 0) is 23.4 Å². The summed E-state index contributed by atoms with van der Waals surface area (Å²) >= 11 is 0.956. The van der Waals surface area contributed by atoms with E-state index in [1.807, 2.05) is 30.3 Å². The summed E-state index contributed by atoms with van der Waals surface area (Å²) in [6, 6.07) is 8.43. The summed E-state index contributed by atoms with van der Waals surface area (Å²) < 4.78 is 37.0. The van der Waals surface area contributed by atoms with Crippen LogP contribution in [0.3, 0.4) is 0 Å². The zero-order valence-corrected chi connectivity index (χ0v) is 23.0. The Labute approximate surface area is 227 Å². The number of nitrogen functional groups attached to an aromatic ring is 1. The van der Waals surface area contributed by atoms with E-state index in [4.69, 9.17) is 24.5 Å². The molecule has 2 aliphatic heterocycles. The van der Waals surface area contributed by atoms with Gasteiger partial charge >= 0.3 is 12.7 Å². The van der Waals surface area contributed by atoms with E-state index in [0.717, 1.165) is 16.9 Å². The Morgan fingerprint density at radius 1 is 1.38 bits per heavy atom. The minimum Gasteiger partial charge on any atom is -0.479 e. The number of nitrogens with two attached hydrogens (primary N) is 1. The fourth-order valence-corrected chi connectivity index (χ4v) is 8.33. The Hall–Kier alpha value is -2.78. The summed E-state index contributed by atoms with van der Waals surface area (Å²) in [5, 5.41) is 24.7. The van der Waals surface area contributed by atoms with Gasteiger partial charge in [-0.3, -0.25) is 13.9 Å². The topological polar surface area (TPSA) is 193 Å². The Balaban J connectivity index is 1.23. The van der Waals surface area contributed by atoms with Crippen LogP contribution in [0.15, 0.2) is 36.7 Å². The predicted octanol–water partition coefficient (Wildman–Crippen LogP) is 1.56. The number of ether oxygens (including phenoxy) is 3. The van der Waals surface area contributed by atoms with Crippen LogP contribution in [0.2, 0.25) is 0 Å². The molecule has 14 nitrogen and oxygen atoms in total. The lowest BCUT2D eigenvalue weighted by molar-refractivity contribution is -0.150. The molecule has 1 aromatic carbocycles. The standard InChI is InChI=1S/C23H29N6O8PS/c1-12(13-7-5-4-6-8-13)36-20(31)14-10-39-38(33,28-14)35-9-15-17(30)23(2,32)21(37-15)29-11-25-16-18(29)26-22(24)27-19(16)34-3/h4-8,11-12,14-15,17,21,30,32H,9-10H2,1-3H3,(H,28,33)(H2,24,26,27)/t12-,14-,15+,17+,21?,23+,38?/m0/s1. The molecule has 4 heterocycles. The number of rotatable bonds is 8. The normalized spacial score (nSPS) is 31.4. The van der Waals surface area contributed by atoms with Crippen molar-refractivity contribution in [1.82, 2.24) is 24.6 Å². The number of anilines is 1. The molecule has 16 heteroatoms. The number of aliphatic hydroxyl groups is 2. The molecule has 0 saturated carbocycles. The summed E-state index contributed by atoms with van der Waals surface area (Å²) in [6.45, 7) is -0.719. The van der Waals surface area contributed by atoms with Gasteiger partial charge in [0.25, 0.3) is 0 Å². The van der Waals surface area contributed by atoms with Crippen LogP contribution in [0, 0.1) is 0 Å². The number of methoxy groups -OCH3 is 1. The SMILES string of the molecule is COc1nc(N)nc2c1ncn2C1O[C@H](COP2(=O)N[C@H](C(=O)O[C@@H](C)c3ccccc3)CS2)[C@@H](O)[C@@]1(C)O. The average Bonchev–Trinajstić information content (AvgIpc) is 3.57. The van der Waals surface area contributed by atoms with Gasteiger partial charge in [-0.25, -0.2) is 10.1 Å². The number of fused-ring (bicyclic) bond motifs is 1. The van der Waals surface area contributed by atoms with Crippen molar-refractivity contribution in [2.45, 2.75) is 50.0 Å². The van der Waals surface area contributed by atoms with Crippen LogP contribution < -0.4 is 15.6 Å². The Morgan fingerprint density at radius 3 is 2.85 bits per heavy atom. The smallest absolute Gasteiger partial charge is 0.327 e. The van der Waals surface area contributed by atoms with Gasteiger partial charge in [-0.2, -0.15) is 9.97 Å². The lowest BCUT2D eigenvalue weighted by Crippen LogP contribution is -2.44. The third-order valence-corrected chi connectivity index (χ3v) is 10.6. The minimum absolute atomic E-state index is 0.0761. The highest BCUT2D eigenvalue weighted by Gasteiger charge is 2.54. The molecule has 2 aromatic heterocycles. The molecule has 2 saturated heterocycles. The van der Waals surface area contributed by atoms with Crippen molar-refractivity contribution in [3.63, 3.8) is 0 Å². The second kappa shape index (κ2) is 10.7. The van der Waals surface area contributed by atoms with Crippen molar-refractivity contribution < 1.29 is 38.3 Å². The zero-order chi connectivity index (χ0) is 27.9. The first-order valence-corrected chi connectivity index (χ1v) is 15.3. The number of nitrogens with zero attached hydrogens (tertiary/aromatic N) is 4. The van der Waals surface area contributed by atoms with Gasteiger partial charge in [0.1, 0.15) is 30.0 Å². The summed E-state index contributed by atoms with van der Waals surface area (Å²) in [4.78, 5) is 25.0. The first-order valence-electron chi connectivity index (χ1n) is 12.0. The molecule has 7 atom stereocenters. The molecule has 39 heavy (non-hydrogen) atoms. The molecular weight excluding hydrogens is 551 g/mol. The molecular formula is C23H29N6O8PS. The molecule has 0 radical (unpaired) electrons. The number of hydrogen-bond donors (Lipinski definition) is 4. The van der Waals surface area contributed by atoms with Crippen LogP contribution in [0.1, 0.15) is 31.7 Å². The van der Waals surface area contributed by atoms with Gasteiger partial charge in [0.15, 0.2) is 17.4 Å². The van der Waals surface area contributed by atoms with Gasteiger partial charge in [-0.05, 0) is 19.4 Å². The summed E-state index contributed by atoms with van der Waals surface area (Å²) in [6.07, 6.45) is -2.75. The fraction of sp³-hybridized carbons (Fsp3) is 0.478. The Bertz CT molecular complexity index is 1410. The molecule has 5 N–H and O–H groups in total. The lowest BCUT2D eigenvalue weighted by atomic mass is 9.96. The summed E-state index contributed by atoms with van der Waals surface area (Å²) in [7, 11) is 1.41. The van der Waals surface area contributed by atoms with Crippen LogP contribution in [0.5, 0.6) is 5.88 Å². The molecule has 5 rings (SSSR count). The number of carbonyl (C=O) groups excluding carboxylic acids is 1. The summed E-state index contributed by atoms with van der Waals surface area (Å²) in [5.41, 5.74) is 5.33. The molecule has 0 aliphatic carbocycles. The van der Waals surface area contributed by atoms with Gasteiger partial charge in [-0.15, -0.1) is 0 Å². The number of esters is 1. The van der Waals surface area contributed by atoms with Gasteiger partial charge in [-0.1, -0.05) is 41.7 Å². The molecule has 0 bridgehead atoms. The number of aromatic nitrogens is 4. The predicted molar refractivity (Wildman–Crippen MR) is 141 cm³/mol. The first-order chi connectivity index (χ1) is 18.5. The number of nitrogens with one attached hydrogen (secondary N) is 1. The fourth-order valence-electron chi connectivity index (χ4n) is 4.45. The molecule has 2 aliphatic rings. The molecule has 0 spiro atoms. The largest absolute Gasteiger partial charge is 0.479 e. The minimum atomic E-state index is -3.53. The second-order valence-electron chi connectivity index (χ2n) is 9.37. The molecule has 210 valence electrons. The van der Waals surface area contributed by atoms with E-state index in [1.54, 1.807) is 6.92 Å². The Kier molecular flexibility index (Phi) is 7.59. The van der Waals surface area contributed by atoms with Gasteiger partial charge < -0.3 is 34.7 Å². The highest BCUT2D eigenvalue weighted by atomic mass is 32.7. The van der Waals surface area contributed by atoms with E-state index in [2.05, 4.69) is 20.0 Å². The van der Waals surface area contributed by atoms with Crippen molar-refractivity contribution in [2.24, 2.45) is 0 Å². The molecule has 2 fully saturated rings. The van der Waals surface area contributed by atoms with Gasteiger partial charge in [0, 0.05) is 5.75 Å². The third kappa shape index (κ3) is 5.35. The Morgan fingerprint density at radius 2 is 2.13 bits per heavy atom. The lowest BCUT2D eigenvalue weighted by Gasteiger charge is -2.27. The number of aliphatic hydroxyl groups excluding tert-OH is 1. The van der Waals surface area contributed by atoms with Crippen molar-refractivity contribution in [3.8, 4) is 5.88 Å². The van der Waals surface area contributed by atoms with E-state index >= 15 is 0 Å². The molecule has 3 aromatic rings. The van der Waals surface area contributed by atoms with E-state index in [0.29, 0.717) is 0 Å². The quantitative estimate of drug-likeness (QED) is 0.221. The van der Waals surface area contributed by atoms with E-state index in [1.165, 1.54) is 24.9 Å².